The van der Waals surface area contributed by atoms with Crippen LogP contribution in [0.15, 0.2) is 66.7 Å². The monoisotopic (exact) mass is 495 g/mol. The molecule has 0 aliphatic carbocycles. The predicted molar refractivity (Wildman–Crippen MR) is 144 cm³/mol. The molecule has 190 valence electrons. The number of hydrogen-bond acceptors (Lipinski definition) is 6. The Morgan fingerprint density at radius 3 is 2.62 bits per heavy atom. The van der Waals surface area contributed by atoms with Crippen LogP contribution in [0.5, 0.6) is 11.9 Å². The average Bonchev–Trinajstić information content (AvgIpc) is 3.35. The third kappa shape index (κ3) is 5.04. The first-order valence-electron chi connectivity index (χ1n) is 13.1. The molecule has 2 atom stereocenters. The molecule has 6 heteroatoms. The van der Waals surface area contributed by atoms with E-state index in [4.69, 9.17) is 24.2 Å². The summed E-state index contributed by atoms with van der Waals surface area (Å²) < 4.78 is 18.8. The van der Waals surface area contributed by atoms with Crippen molar-refractivity contribution in [2.45, 2.75) is 51.5 Å². The molecule has 2 aliphatic heterocycles. The van der Waals surface area contributed by atoms with Gasteiger partial charge in [-0.1, -0.05) is 66.7 Å². The van der Waals surface area contributed by atoms with E-state index in [0.717, 1.165) is 29.8 Å². The largest absolute Gasteiger partial charge is 0.472 e. The van der Waals surface area contributed by atoms with Gasteiger partial charge in [0.05, 0.1) is 24.0 Å². The zero-order chi connectivity index (χ0) is 25.2. The van der Waals surface area contributed by atoms with E-state index in [1.54, 1.807) is 0 Å². The van der Waals surface area contributed by atoms with Crippen molar-refractivity contribution in [1.82, 2.24) is 14.9 Å². The summed E-state index contributed by atoms with van der Waals surface area (Å²) in [5.74, 6) is 0.552. The molecule has 0 N–H and O–H groups in total. The number of likely N-dealkylation sites (tertiary alicyclic amines) is 1. The molecular formula is C31H33N3O3. The summed E-state index contributed by atoms with van der Waals surface area (Å²) in [7, 11) is 2.15. The first kappa shape index (κ1) is 23.9. The average molecular weight is 496 g/mol. The van der Waals surface area contributed by atoms with Crippen molar-refractivity contribution in [2.24, 2.45) is 0 Å². The number of likely N-dealkylation sites (N-methyl/N-ethyl adjacent to an activating group) is 1. The van der Waals surface area contributed by atoms with Gasteiger partial charge in [0.2, 0.25) is 5.88 Å². The Morgan fingerprint density at radius 1 is 0.973 bits per heavy atom. The SMILES string of the molecule is Cc1cccc2cccc(C3Cc4nc(OCC5CCCN5C)nc(OCc5ccccc5)c4CO3)c12. The summed E-state index contributed by atoms with van der Waals surface area (Å²) in [6, 6.07) is 23.8. The maximum atomic E-state index is 6.43. The summed E-state index contributed by atoms with van der Waals surface area (Å²) in [6.45, 7) is 4.68. The van der Waals surface area contributed by atoms with Gasteiger partial charge in [-0.25, -0.2) is 0 Å². The summed E-state index contributed by atoms with van der Waals surface area (Å²) in [5, 5.41) is 2.49. The Labute approximate surface area is 218 Å². The van der Waals surface area contributed by atoms with Gasteiger partial charge in [0.1, 0.15) is 13.2 Å². The maximum absolute atomic E-state index is 6.43. The van der Waals surface area contributed by atoms with Gasteiger partial charge in [0.25, 0.3) is 0 Å². The molecule has 37 heavy (non-hydrogen) atoms. The molecule has 1 fully saturated rings. The van der Waals surface area contributed by atoms with Crippen molar-refractivity contribution in [3.63, 3.8) is 0 Å². The molecule has 3 aromatic carbocycles. The van der Waals surface area contributed by atoms with Gasteiger partial charge in [-0.15, -0.1) is 0 Å². The van der Waals surface area contributed by atoms with Gasteiger partial charge >= 0.3 is 6.01 Å². The molecule has 6 nitrogen and oxygen atoms in total. The minimum absolute atomic E-state index is 0.0945. The lowest BCUT2D eigenvalue weighted by Crippen LogP contribution is -2.31. The lowest BCUT2D eigenvalue weighted by Gasteiger charge is -2.28. The molecule has 2 unspecified atom stereocenters. The highest BCUT2D eigenvalue weighted by Crippen LogP contribution is 2.38. The van der Waals surface area contributed by atoms with Crippen molar-refractivity contribution in [3.8, 4) is 11.9 Å². The van der Waals surface area contributed by atoms with Gasteiger partial charge in [-0.2, -0.15) is 9.97 Å². The third-order valence-corrected chi connectivity index (χ3v) is 7.63. The minimum Gasteiger partial charge on any atom is -0.472 e. The minimum atomic E-state index is -0.0945. The molecule has 6 rings (SSSR count). The Balaban J connectivity index is 1.30. The van der Waals surface area contributed by atoms with Crippen LogP contribution in [0.25, 0.3) is 10.8 Å². The second-order valence-corrected chi connectivity index (χ2v) is 10.1. The molecule has 0 bridgehead atoms. The van der Waals surface area contributed by atoms with Crippen molar-refractivity contribution in [2.75, 3.05) is 20.2 Å². The van der Waals surface area contributed by atoms with E-state index in [9.17, 15) is 0 Å². The second kappa shape index (κ2) is 10.5. The van der Waals surface area contributed by atoms with Crippen LogP contribution in [-0.4, -0.2) is 41.1 Å². The fraction of sp³-hybridized carbons (Fsp3) is 0.355. The van der Waals surface area contributed by atoms with Gasteiger partial charge in [-0.3, -0.25) is 0 Å². The highest BCUT2D eigenvalue weighted by Gasteiger charge is 2.29. The topological polar surface area (TPSA) is 56.7 Å². The van der Waals surface area contributed by atoms with Crippen LogP contribution in [0.1, 0.15) is 46.9 Å². The van der Waals surface area contributed by atoms with E-state index < -0.39 is 0 Å². The highest BCUT2D eigenvalue weighted by molar-refractivity contribution is 5.89. The molecule has 0 saturated carbocycles. The Kier molecular flexibility index (Phi) is 6.77. The third-order valence-electron chi connectivity index (χ3n) is 7.63. The van der Waals surface area contributed by atoms with Crippen molar-refractivity contribution in [3.05, 3.63) is 94.7 Å². The van der Waals surface area contributed by atoms with Gasteiger partial charge in [0.15, 0.2) is 0 Å². The standard InChI is InChI=1S/C31H33N3O3/c1-21-9-6-12-23-13-7-15-25(29(21)23)28-17-27-26(20-35-28)30(36-18-22-10-4-3-5-11-22)33-31(32-27)37-19-24-14-8-16-34(24)2/h3-7,9-13,15,24,28H,8,14,16-20H2,1-2H3. The highest BCUT2D eigenvalue weighted by atomic mass is 16.5. The second-order valence-electron chi connectivity index (χ2n) is 10.1. The zero-order valence-electron chi connectivity index (χ0n) is 21.5. The number of fused-ring (bicyclic) bond motifs is 2. The van der Waals surface area contributed by atoms with Crippen LogP contribution in [0, 0.1) is 6.92 Å². The van der Waals surface area contributed by atoms with E-state index in [1.807, 2.05) is 18.2 Å². The lowest BCUT2D eigenvalue weighted by molar-refractivity contribution is 0.0239. The van der Waals surface area contributed by atoms with Crippen LogP contribution in [-0.2, 0) is 24.4 Å². The van der Waals surface area contributed by atoms with E-state index >= 15 is 0 Å². The summed E-state index contributed by atoms with van der Waals surface area (Å²) in [4.78, 5) is 11.9. The first-order chi connectivity index (χ1) is 18.2. The van der Waals surface area contributed by atoms with Crippen molar-refractivity contribution >= 4 is 10.8 Å². The number of aromatic nitrogens is 2. The fourth-order valence-electron chi connectivity index (χ4n) is 5.52. The van der Waals surface area contributed by atoms with Gasteiger partial charge in [0, 0.05) is 12.5 Å². The molecular weight excluding hydrogens is 462 g/mol. The Hall–Kier alpha value is -3.48. The van der Waals surface area contributed by atoms with Gasteiger partial charge < -0.3 is 19.1 Å². The molecule has 0 amide bonds. The molecule has 1 saturated heterocycles. The number of hydrogen-bond donors (Lipinski definition) is 0. The Bertz CT molecular complexity index is 1390. The van der Waals surface area contributed by atoms with Crippen molar-refractivity contribution < 1.29 is 14.2 Å². The molecule has 0 radical (unpaired) electrons. The number of benzene rings is 3. The zero-order valence-corrected chi connectivity index (χ0v) is 21.5. The molecule has 4 aromatic rings. The number of ether oxygens (including phenoxy) is 3. The fourth-order valence-corrected chi connectivity index (χ4v) is 5.52. The number of nitrogens with zero attached hydrogens (tertiary/aromatic N) is 3. The predicted octanol–water partition coefficient (Wildman–Crippen LogP) is 5.80. The number of rotatable bonds is 7. The normalized spacial score (nSPS) is 19.6. The quantitative estimate of drug-likeness (QED) is 0.323. The van der Waals surface area contributed by atoms with Crippen LogP contribution < -0.4 is 9.47 Å². The summed E-state index contributed by atoms with van der Waals surface area (Å²) in [5.41, 5.74) is 5.39. The smallest absolute Gasteiger partial charge is 0.320 e. The van der Waals surface area contributed by atoms with Crippen LogP contribution in [0.2, 0.25) is 0 Å². The van der Waals surface area contributed by atoms with Gasteiger partial charge in [-0.05, 0) is 60.8 Å². The summed E-state index contributed by atoms with van der Waals surface area (Å²) >= 11 is 0. The van der Waals surface area contributed by atoms with E-state index in [-0.39, 0.29) is 6.10 Å². The lowest BCUT2D eigenvalue weighted by atomic mass is 9.93. The first-order valence-corrected chi connectivity index (χ1v) is 13.1. The number of aryl methyl sites for hydroxylation is 1. The van der Waals surface area contributed by atoms with E-state index in [1.165, 1.54) is 28.3 Å². The maximum Gasteiger partial charge on any atom is 0.320 e. The summed E-state index contributed by atoms with van der Waals surface area (Å²) in [6.07, 6.45) is 2.88. The molecule has 0 spiro atoms. The van der Waals surface area contributed by atoms with Crippen molar-refractivity contribution in [1.29, 1.82) is 0 Å². The van der Waals surface area contributed by atoms with E-state index in [2.05, 4.69) is 67.4 Å². The molecule has 2 aliphatic rings. The Morgan fingerprint density at radius 2 is 1.81 bits per heavy atom. The van der Waals surface area contributed by atoms with Crippen LogP contribution in [0.3, 0.4) is 0 Å². The van der Waals surface area contributed by atoms with Crippen LogP contribution in [0.4, 0.5) is 0 Å². The molecule has 3 heterocycles. The molecule has 1 aromatic heterocycles. The van der Waals surface area contributed by atoms with Crippen LogP contribution >= 0.6 is 0 Å². The van der Waals surface area contributed by atoms with E-state index in [0.29, 0.717) is 44.2 Å².